The van der Waals surface area contributed by atoms with Crippen molar-refractivity contribution in [2.75, 3.05) is 69.7 Å². The Morgan fingerprint density at radius 2 is 1.64 bits per heavy atom. The SMILES string of the molecule is CC.CC.CCCN(CCC)c1cc(OCCN2CCN(C)CC2)cc(Nc2ccc3[nH]c(Cl)c(Cl)c3c2)n1. The lowest BCUT2D eigenvalue weighted by Crippen LogP contribution is -2.45. The minimum absolute atomic E-state index is 0.449. The van der Waals surface area contributed by atoms with Gasteiger partial charge in [-0.25, -0.2) is 4.98 Å². The van der Waals surface area contributed by atoms with Gasteiger partial charge in [-0.15, -0.1) is 0 Å². The van der Waals surface area contributed by atoms with E-state index in [0.29, 0.717) is 16.8 Å². The number of rotatable bonds is 11. The quantitative estimate of drug-likeness (QED) is 0.241. The molecule has 2 aromatic heterocycles. The van der Waals surface area contributed by atoms with Crippen LogP contribution in [0.15, 0.2) is 30.3 Å². The average molecular weight is 580 g/mol. The fourth-order valence-electron chi connectivity index (χ4n) is 4.40. The Morgan fingerprint density at radius 3 is 2.28 bits per heavy atom. The van der Waals surface area contributed by atoms with E-state index in [0.717, 1.165) is 92.6 Å². The van der Waals surface area contributed by atoms with Crippen LogP contribution < -0.4 is 15.0 Å². The normalized spacial score (nSPS) is 13.8. The molecular weight excluding hydrogens is 531 g/mol. The average Bonchev–Trinajstić information content (AvgIpc) is 3.24. The maximum absolute atomic E-state index is 6.37. The number of nitrogens with zero attached hydrogens (tertiary/aromatic N) is 4. The summed E-state index contributed by atoms with van der Waals surface area (Å²) in [6.45, 7) is 20.3. The Morgan fingerprint density at radius 1 is 0.974 bits per heavy atom. The molecule has 3 heterocycles. The Balaban J connectivity index is 0.00000127. The molecule has 7 nitrogen and oxygen atoms in total. The second-order valence-corrected chi connectivity index (χ2v) is 9.92. The molecule has 0 unspecified atom stereocenters. The highest BCUT2D eigenvalue weighted by molar-refractivity contribution is 6.45. The number of nitrogens with one attached hydrogen (secondary N) is 2. The van der Waals surface area contributed by atoms with Crippen LogP contribution in [0.25, 0.3) is 10.9 Å². The Bertz CT molecular complexity index is 1110. The molecule has 0 radical (unpaired) electrons. The number of aromatic nitrogens is 2. The van der Waals surface area contributed by atoms with Crippen molar-refractivity contribution >= 4 is 51.4 Å². The summed E-state index contributed by atoms with van der Waals surface area (Å²) in [6, 6.07) is 9.97. The van der Waals surface area contributed by atoms with E-state index < -0.39 is 0 Å². The third-order valence-electron chi connectivity index (χ3n) is 6.33. The molecule has 1 fully saturated rings. The summed E-state index contributed by atoms with van der Waals surface area (Å²) in [4.78, 5) is 15.2. The molecule has 39 heavy (non-hydrogen) atoms. The molecule has 4 rings (SSSR count). The summed E-state index contributed by atoms with van der Waals surface area (Å²) in [6.07, 6.45) is 2.12. The zero-order chi connectivity index (χ0) is 28.8. The van der Waals surface area contributed by atoms with Crippen LogP contribution in [0.4, 0.5) is 17.3 Å². The van der Waals surface area contributed by atoms with Gasteiger partial charge in [0.25, 0.3) is 0 Å². The number of benzene rings is 1. The van der Waals surface area contributed by atoms with Crippen LogP contribution in [0.2, 0.25) is 10.2 Å². The number of hydrogen-bond donors (Lipinski definition) is 2. The zero-order valence-corrected chi connectivity index (χ0v) is 26.4. The summed E-state index contributed by atoms with van der Waals surface area (Å²) in [5, 5.41) is 5.30. The van der Waals surface area contributed by atoms with Crippen molar-refractivity contribution in [2.24, 2.45) is 0 Å². The summed E-state index contributed by atoms with van der Waals surface area (Å²) < 4.78 is 6.25. The standard InChI is InChI=1S/C26H36Cl2N6O.2C2H6/c1-4-8-34(9-5-2)24-18-20(35-15-14-33-12-10-32(3)11-13-33)17-23(31-24)29-19-6-7-22-21(16-19)25(27)26(28)30-22;2*1-2/h6-7,16-18,30H,4-5,8-15H2,1-3H3,(H,29,31);2*1-2H3. The minimum atomic E-state index is 0.449. The van der Waals surface area contributed by atoms with Gasteiger partial charge in [0.1, 0.15) is 29.1 Å². The van der Waals surface area contributed by atoms with Gasteiger partial charge >= 0.3 is 0 Å². The summed E-state index contributed by atoms with van der Waals surface area (Å²) in [5.74, 6) is 2.50. The first-order chi connectivity index (χ1) is 19.0. The van der Waals surface area contributed by atoms with E-state index in [9.17, 15) is 0 Å². The molecule has 1 aliphatic heterocycles. The summed E-state index contributed by atoms with van der Waals surface area (Å²) >= 11 is 12.5. The number of fused-ring (bicyclic) bond motifs is 1. The molecule has 0 amide bonds. The third-order valence-corrected chi connectivity index (χ3v) is 7.11. The van der Waals surface area contributed by atoms with Crippen LogP contribution in [0.1, 0.15) is 54.4 Å². The first-order valence-corrected chi connectivity index (χ1v) is 15.3. The lowest BCUT2D eigenvalue weighted by atomic mass is 10.2. The molecule has 0 atom stereocenters. The largest absolute Gasteiger partial charge is 0.492 e. The van der Waals surface area contributed by atoms with E-state index in [4.69, 9.17) is 32.9 Å². The molecule has 218 valence electrons. The van der Waals surface area contributed by atoms with Gasteiger partial charge in [0, 0.05) is 74.5 Å². The molecule has 1 saturated heterocycles. The zero-order valence-electron chi connectivity index (χ0n) is 24.9. The van der Waals surface area contributed by atoms with Crippen molar-refractivity contribution in [3.63, 3.8) is 0 Å². The number of anilines is 3. The van der Waals surface area contributed by atoms with Gasteiger partial charge < -0.3 is 24.8 Å². The fourth-order valence-corrected chi connectivity index (χ4v) is 4.80. The highest BCUT2D eigenvalue weighted by atomic mass is 35.5. The molecule has 1 aromatic carbocycles. The first-order valence-electron chi connectivity index (χ1n) is 14.5. The Kier molecular flexibility index (Phi) is 14.8. The number of pyridine rings is 1. The van der Waals surface area contributed by atoms with Crippen molar-refractivity contribution in [3.8, 4) is 5.75 Å². The van der Waals surface area contributed by atoms with Crippen molar-refractivity contribution in [1.29, 1.82) is 0 Å². The van der Waals surface area contributed by atoms with Crippen molar-refractivity contribution in [1.82, 2.24) is 19.8 Å². The predicted octanol–water partition coefficient (Wildman–Crippen LogP) is 7.92. The Hall–Kier alpha value is -2.19. The van der Waals surface area contributed by atoms with Gasteiger partial charge in [-0.1, -0.05) is 64.7 Å². The van der Waals surface area contributed by atoms with Crippen LogP contribution in [0, 0.1) is 0 Å². The van der Waals surface area contributed by atoms with Gasteiger partial charge in [-0.05, 0) is 38.1 Å². The van der Waals surface area contributed by atoms with E-state index in [1.54, 1.807) is 0 Å². The van der Waals surface area contributed by atoms with Crippen LogP contribution in [0.3, 0.4) is 0 Å². The van der Waals surface area contributed by atoms with Crippen molar-refractivity contribution in [3.05, 3.63) is 40.5 Å². The first kappa shape index (κ1) is 33.0. The summed E-state index contributed by atoms with van der Waals surface area (Å²) in [5.41, 5.74) is 1.79. The van der Waals surface area contributed by atoms with Gasteiger partial charge in [0.05, 0.1) is 5.02 Å². The van der Waals surface area contributed by atoms with Gasteiger partial charge in [-0.3, -0.25) is 4.90 Å². The number of halogens is 2. The smallest absolute Gasteiger partial charge is 0.136 e. The number of aromatic amines is 1. The van der Waals surface area contributed by atoms with Crippen LogP contribution in [-0.2, 0) is 0 Å². The van der Waals surface area contributed by atoms with E-state index in [1.165, 1.54) is 0 Å². The third kappa shape index (κ3) is 9.75. The molecular formula is C30H48Cl2N6O. The molecule has 0 saturated carbocycles. The number of piperazine rings is 1. The minimum Gasteiger partial charge on any atom is -0.492 e. The van der Waals surface area contributed by atoms with Gasteiger partial charge in [0.2, 0.25) is 0 Å². The van der Waals surface area contributed by atoms with Crippen LogP contribution in [-0.4, -0.2) is 79.2 Å². The van der Waals surface area contributed by atoms with Crippen molar-refractivity contribution in [2.45, 2.75) is 54.4 Å². The molecule has 2 N–H and O–H groups in total. The van der Waals surface area contributed by atoms with E-state index in [1.807, 2.05) is 52.0 Å². The fraction of sp³-hybridized carbons (Fsp3) is 0.567. The molecule has 1 aliphatic rings. The molecule has 0 spiro atoms. The number of H-pyrrole nitrogens is 1. The lowest BCUT2D eigenvalue weighted by molar-refractivity contribution is 0.134. The monoisotopic (exact) mass is 578 g/mol. The summed E-state index contributed by atoms with van der Waals surface area (Å²) in [7, 11) is 2.18. The van der Waals surface area contributed by atoms with Crippen LogP contribution in [0.5, 0.6) is 5.75 Å². The van der Waals surface area contributed by atoms with E-state index in [-0.39, 0.29) is 0 Å². The molecule has 3 aromatic rings. The van der Waals surface area contributed by atoms with E-state index >= 15 is 0 Å². The molecule has 9 heteroatoms. The Labute approximate surface area is 245 Å². The second kappa shape index (κ2) is 17.5. The maximum atomic E-state index is 6.37. The number of ether oxygens (including phenoxy) is 1. The van der Waals surface area contributed by atoms with E-state index in [2.05, 4.69) is 52.0 Å². The van der Waals surface area contributed by atoms with Gasteiger partial charge in [0.15, 0.2) is 0 Å². The number of hydrogen-bond acceptors (Lipinski definition) is 6. The predicted molar refractivity (Wildman–Crippen MR) is 171 cm³/mol. The van der Waals surface area contributed by atoms with Gasteiger partial charge in [-0.2, -0.15) is 0 Å². The highest BCUT2D eigenvalue weighted by Crippen LogP contribution is 2.34. The topological polar surface area (TPSA) is 59.7 Å². The maximum Gasteiger partial charge on any atom is 0.136 e. The lowest BCUT2D eigenvalue weighted by Gasteiger charge is -2.32. The number of likely N-dealkylation sites (N-methyl/N-ethyl adjacent to an activating group) is 1. The molecule has 0 bridgehead atoms. The van der Waals surface area contributed by atoms with Crippen molar-refractivity contribution < 1.29 is 4.74 Å². The van der Waals surface area contributed by atoms with Crippen LogP contribution >= 0.6 is 23.2 Å². The molecule has 0 aliphatic carbocycles. The second-order valence-electron chi connectivity index (χ2n) is 9.17. The highest BCUT2D eigenvalue weighted by Gasteiger charge is 2.15.